The van der Waals surface area contributed by atoms with Gasteiger partial charge in [-0.05, 0) is 36.4 Å². The number of nitrogens with zero attached hydrogens (tertiary/aromatic N) is 3. The molecule has 2 fully saturated rings. The van der Waals surface area contributed by atoms with Gasteiger partial charge in [0.25, 0.3) is 0 Å². The molecular formula is C20H23N5O3. The van der Waals surface area contributed by atoms with Crippen LogP contribution in [-0.4, -0.2) is 65.5 Å². The smallest absolute Gasteiger partial charge is 0.321 e. The van der Waals surface area contributed by atoms with Crippen molar-refractivity contribution < 1.29 is 14.3 Å². The molecule has 0 saturated carbocycles. The summed E-state index contributed by atoms with van der Waals surface area (Å²) in [4.78, 5) is 32.6. The zero-order valence-corrected chi connectivity index (χ0v) is 15.5. The number of hydrogen-bond acceptors (Lipinski definition) is 5. The number of urea groups is 1. The minimum Gasteiger partial charge on any atom is -0.487 e. The number of benzene rings is 1. The van der Waals surface area contributed by atoms with Gasteiger partial charge in [-0.25, -0.2) is 4.79 Å². The number of carbonyl (C=O) groups is 2. The van der Waals surface area contributed by atoms with E-state index in [4.69, 9.17) is 4.74 Å². The Morgan fingerprint density at radius 2 is 2.04 bits per heavy atom. The highest BCUT2D eigenvalue weighted by molar-refractivity contribution is 5.90. The Balaban J connectivity index is 1.30. The Bertz CT molecular complexity index is 827. The van der Waals surface area contributed by atoms with Gasteiger partial charge in [0.1, 0.15) is 18.4 Å². The average molecular weight is 381 g/mol. The first kappa shape index (κ1) is 18.2. The van der Waals surface area contributed by atoms with Crippen LogP contribution in [0.1, 0.15) is 5.69 Å². The molecule has 8 nitrogen and oxygen atoms in total. The van der Waals surface area contributed by atoms with E-state index >= 15 is 0 Å². The van der Waals surface area contributed by atoms with E-state index in [-0.39, 0.29) is 18.0 Å². The third kappa shape index (κ3) is 4.23. The van der Waals surface area contributed by atoms with Crippen LogP contribution in [0.3, 0.4) is 0 Å². The lowest BCUT2D eigenvalue weighted by Gasteiger charge is -2.42. The zero-order valence-electron chi connectivity index (χ0n) is 15.5. The zero-order chi connectivity index (χ0) is 19.3. The molecule has 2 aliphatic rings. The lowest BCUT2D eigenvalue weighted by Crippen LogP contribution is -2.64. The van der Waals surface area contributed by atoms with Crippen molar-refractivity contribution in [2.75, 3.05) is 38.0 Å². The van der Waals surface area contributed by atoms with E-state index in [1.807, 2.05) is 30.3 Å². The summed E-state index contributed by atoms with van der Waals surface area (Å²) in [6, 6.07) is 12.5. The predicted molar refractivity (Wildman–Crippen MR) is 104 cm³/mol. The number of fused-ring (bicyclic) bond motifs is 1. The highest BCUT2D eigenvalue weighted by Gasteiger charge is 2.36. The van der Waals surface area contributed by atoms with Gasteiger partial charge < -0.3 is 20.3 Å². The van der Waals surface area contributed by atoms with E-state index < -0.39 is 0 Å². The number of rotatable bonds is 4. The monoisotopic (exact) mass is 381 g/mol. The van der Waals surface area contributed by atoms with E-state index in [1.165, 1.54) is 0 Å². The molecule has 28 heavy (non-hydrogen) atoms. The van der Waals surface area contributed by atoms with Gasteiger partial charge in [-0.1, -0.05) is 6.07 Å². The first-order chi connectivity index (χ1) is 13.7. The Hall–Kier alpha value is -3.13. The Labute approximate surface area is 163 Å². The summed E-state index contributed by atoms with van der Waals surface area (Å²) in [6.07, 6.45) is 1.73. The number of carbonyl (C=O) groups excluding carboxylic acids is 2. The Morgan fingerprint density at radius 3 is 2.82 bits per heavy atom. The molecule has 0 spiro atoms. The van der Waals surface area contributed by atoms with Crippen molar-refractivity contribution in [3.8, 4) is 5.75 Å². The van der Waals surface area contributed by atoms with Crippen molar-refractivity contribution in [1.82, 2.24) is 20.1 Å². The highest BCUT2D eigenvalue weighted by Crippen LogP contribution is 2.18. The van der Waals surface area contributed by atoms with Crippen molar-refractivity contribution in [2.45, 2.75) is 12.6 Å². The second kappa shape index (κ2) is 8.26. The Kier molecular flexibility index (Phi) is 5.38. The van der Waals surface area contributed by atoms with Gasteiger partial charge in [0, 0.05) is 44.6 Å². The fourth-order valence-corrected chi connectivity index (χ4v) is 3.44. The van der Waals surface area contributed by atoms with Crippen molar-refractivity contribution in [3.05, 3.63) is 54.4 Å². The first-order valence-electron chi connectivity index (χ1n) is 9.39. The van der Waals surface area contributed by atoms with Gasteiger partial charge in [0.15, 0.2) is 0 Å². The molecule has 0 radical (unpaired) electrons. The average Bonchev–Trinajstić information content (AvgIpc) is 2.74. The number of pyridine rings is 1. The third-order valence-corrected chi connectivity index (χ3v) is 5.00. The van der Waals surface area contributed by atoms with Crippen LogP contribution in [0.25, 0.3) is 0 Å². The molecule has 146 valence electrons. The van der Waals surface area contributed by atoms with Crippen LogP contribution in [0.2, 0.25) is 0 Å². The molecule has 1 unspecified atom stereocenters. The molecule has 8 heteroatoms. The second-order valence-corrected chi connectivity index (χ2v) is 6.85. The van der Waals surface area contributed by atoms with Crippen LogP contribution in [0.15, 0.2) is 48.7 Å². The summed E-state index contributed by atoms with van der Waals surface area (Å²) in [5, 5.41) is 5.75. The summed E-state index contributed by atoms with van der Waals surface area (Å²) in [5.41, 5.74) is 1.54. The molecule has 0 bridgehead atoms. The molecule has 4 rings (SSSR count). The molecule has 3 heterocycles. The molecule has 2 aliphatic heterocycles. The van der Waals surface area contributed by atoms with E-state index in [1.54, 1.807) is 23.2 Å². The van der Waals surface area contributed by atoms with Crippen LogP contribution < -0.4 is 15.4 Å². The number of hydrogen-bond donors (Lipinski definition) is 2. The highest BCUT2D eigenvalue weighted by atomic mass is 16.5. The molecule has 2 N–H and O–H groups in total. The van der Waals surface area contributed by atoms with Crippen molar-refractivity contribution in [1.29, 1.82) is 0 Å². The molecule has 1 aromatic heterocycles. The SMILES string of the molecule is O=C1NCCN2CCN(C(=O)Nc3ccc(OCc4ccccn4)cc3)CC12. The van der Waals surface area contributed by atoms with Gasteiger partial charge in [0.2, 0.25) is 5.91 Å². The maximum atomic E-state index is 12.6. The number of aromatic nitrogens is 1. The number of ether oxygens (including phenoxy) is 1. The second-order valence-electron chi connectivity index (χ2n) is 6.85. The molecule has 2 aromatic rings. The van der Waals surface area contributed by atoms with Gasteiger partial charge in [0.05, 0.1) is 5.69 Å². The number of amides is 3. The predicted octanol–water partition coefficient (Wildman–Crippen LogP) is 1.31. The lowest BCUT2D eigenvalue weighted by atomic mass is 10.1. The first-order valence-corrected chi connectivity index (χ1v) is 9.39. The maximum absolute atomic E-state index is 12.6. The van der Waals surface area contributed by atoms with Crippen LogP contribution in [0.4, 0.5) is 10.5 Å². The fourth-order valence-electron chi connectivity index (χ4n) is 3.44. The normalized spacial score (nSPS) is 19.5. The number of nitrogens with one attached hydrogen (secondary N) is 2. The lowest BCUT2D eigenvalue weighted by molar-refractivity contribution is -0.131. The molecule has 1 aromatic carbocycles. The summed E-state index contributed by atoms with van der Waals surface area (Å²) < 4.78 is 5.70. The standard InChI is InChI=1S/C20H23N5O3/c26-19-18-13-25(12-11-24(18)10-9-22-19)20(27)23-15-4-6-17(7-5-15)28-14-16-3-1-2-8-21-16/h1-8,18H,9-14H2,(H,22,26)(H,23,27). The van der Waals surface area contributed by atoms with Crippen molar-refractivity contribution in [2.24, 2.45) is 0 Å². The summed E-state index contributed by atoms with van der Waals surface area (Å²) in [6.45, 7) is 3.64. The quantitative estimate of drug-likeness (QED) is 0.834. The van der Waals surface area contributed by atoms with Crippen molar-refractivity contribution >= 4 is 17.6 Å². The Morgan fingerprint density at radius 1 is 1.18 bits per heavy atom. The summed E-state index contributed by atoms with van der Waals surface area (Å²) >= 11 is 0. The van der Waals surface area contributed by atoms with E-state index in [2.05, 4.69) is 20.5 Å². The van der Waals surface area contributed by atoms with E-state index in [0.717, 1.165) is 12.2 Å². The fraction of sp³-hybridized carbons (Fsp3) is 0.350. The summed E-state index contributed by atoms with van der Waals surface area (Å²) in [5.74, 6) is 0.703. The molecule has 1 atom stereocenters. The topological polar surface area (TPSA) is 86.8 Å². The third-order valence-electron chi connectivity index (χ3n) is 5.00. The van der Waals surface area contributed by atoms with Crippen LogP contribution in [-0.2, 0) is 11.4 Å². The summed E-state index contributed by atoms with van der Waals surface area (Å²) in [7, 11) is 0. The minimum absolute atomic E-state index is 0.00171. The molecule has 0 aliphatic carbocycles. The van der Waals surface area contributed by atoms with E-state index in [9.17, 15) is 9.59 Å². The van der Waals surface area contributed by atoms with Gasteiger partial charge >= 0.3 is 6.03 Å². The largest absolute Gasteiger partial charge is 0.487 e. The van der Waals surface area contributed by atoms with Crippen molar-refractivity contribution in [3.63, 3.8) is 0 Å². The molecule has 2 saturated heterocycles. The molecular weight excluding hydrogens is 358 g/mol. The maximum Gasteiger partial charge on any atom is 0.321 e. The van der Waals surface area contributed by atoms with E-state index in [0.29, 0.717) is 44.2 Å². The van der Waals surface area contributed by atoms with Crippen LogP contribution in [0, 0.1) is 0 Å². The van der Waals surface area contributed by atoms with Gasteiger partial charge in [-0.2, -0.15) is 0 Å². The van der Waals surface area contributed by atoms with Crippen LogP contribution >= 0.6 is 0 Å². The van der Waals surface area contributed by atoms with Gasteiger partial charge in [-0.15, -0.1) is 0 Å². The minimum atomic E-state index is -0.254. The number of anilines is 1. The van der Waals surface area contributed by atoms with Gasteiger partial charge in [-0.3, -0.25) is 14.7 Å². The number of piperazine rings is 2. The van der Waals surface area contributed by atoms with Crippen LogP contribution in [0.5, 0.6) is 5.75 Å². The molecule has 3 amide bonds.